The molecule has 0 saturated carbocycles. The van der Waals surface area contributed by atoms with Gasteiger partial charge >= 0.3 is 6.09 Å². The lowest BCUT2D eigenvalue weighted by Crippen LogP contribution is -2.42. The van der Waals surface area contributed by atoms with Crippen molar-refractivity contribution in [2.45, 2.75) is 17.4 Å². The number of ether oxygens (including phenoxy) is 2. The Hall–Kier alpha value is -1.84. The van der Waals surface area contributed by atoms with Crippen molar-refractivity contribution in [3.8, 4) is 5.75 Å². The number of methoxy groups -OCH3 is 1. The average Bonchev–Trinajstić information content (AvgIpc) is 3.14. The molecule has 0 aromatic heterocycles. The van der Waals surface area contributed by atoms with E-state index in [9.17, 15) is 18.0 Å². The van der Waals surface area contributed by atoms with Gasteiger partial charge in [-0.05, 0) is 24.6 Å². The Morgan fingerprint density at radius 2 is 2.08 bits per heavy atom. The van der Waals surface area contributed by atoms with E-state index < -0.39 is 28.1 Å². The number of hydrogen-bond acceptors (Lipinski definition) is 6. The zero-order valence-electron chi connectivity index (χ0n) is 12.8. The molecule has 2 heterocycles. The highest BCUT2D eigenvalue weighted by molar-refractivity contribution is 7.89. The summed E-state index contributed by atoms with van der Waals surface area (Å²) in [6.07, 6.45) is -0.382. The summed E-state index contributed by atoms with van der Waals surface area (Å²) < 4.78 is 36.7. The van der Waals surface area contributed by atoms with Crippen LogP contribution in [-0.4, -0.2) is 62.5 Å². The molecule has 0 spiro atoms. The van der Waals surface area contributed by atoms with Gasteiger partial charge in [0.1, 0.15) is 10.6 Å². The van der Waals surface area contributed by atoms with Crippen molar-refractivity contribution in [1.82, 2.24) is 9.21 Å². The highest BCUT2D eigenvalue weighted by Crippen LogP contribution is 2.32. The van der Waals surface area contributed by atoms with Crippen molar-refractivity contribution in [2.24, 2.45) is 0 Å². The molecule has 0 bridgehead atoms. The molecule has 1 atom stereocenters. The smallest absolute Gasteiger partial charge is 0.417 e. The number of carbonyl (C=O) groups is 2. The molecule has 2 saturated heterocycles. The van der Waals surface area contributed by atoms with Gasteiger partial charge in [0.2, 0.25) is 10.0 Å². The number of carbonyl (C=O) groups excluding carboxylic acids is 2. The van der Waals surface area contributed by atoms with Gasteiger partial charge < -0.3 is 9.47 Å². The van der Waals surface area contributed by atoms with E-state index in [1.165, 1.54) is 29.6 Å². The summed E-state index contributed by atoms with van der Waals surface area (Å²) in [4.78, 5) is 24.3. The maximum atomic E-state index is 12.9. The van der Waals surface area contributed by atoms with Crippen LogP contribution in [0.2, 0.25) is 5.02 Å². The molecule has 2 aliphatic rings. The molecule has 2 fully saturated rings. The Balaban J connectivity index is 1.86. The number of benzene rings is 1. The summed E-state index contributed by atoms with van der Waals surface area (Å²) >= 11 is 5.90. The number of amides is 2. The largest absolute Gasteiger partial charge is 0.495 e. The van der Waals surface area contributed by atoms with Crippen LogP contribution < -0.4 is 4.74 Å². The van der Waals surface area contributed by atoms with Crippen LogP contribution in [0, 0.1) is 0 Å². The van der Waals surface area contributed by atoms with Crippen LogP contribution in [0.4, 0.5) is 4.79 Å². The molecule has 2 amide bonds. The van der Waals surface area contributed by atoms with Crippen LogP contribution in [0.5, 0.6) is 5.75 Å². The molecule has 1 aromatic rings. The summed E-state index contributed by atoms with van der Waals surface area (Å²) in [6, 6.07) is 3.79. The van der Waals surface area contributed by atoms with E-state index in [1.807, 2.05) is 0 Å². The predicted molar refractivity (Wildman–Crippen MR) is 83.4 cm³/mol. The van der Waals surface area contributed by atoms with Gasteiger partial charge in [-0.3, -0.25) is 4.79 Å². The fourth-order valence-corrected chi connectivity index (χ4v) is 4.76. The number of halogens is 1. The van der Waals surface area contributed by atoms with E-state index >= 15 is 0 Å². The summed E-state index contributed by atoms with van der Waals surface area (Å²) in [5.41, 5.74) is 0. The van der Waals surface area contributed by atoms with E-state index in [0.29, 0.717) is 6.42 Å². The second kappa shape index (κ2) is 6.23. The zero-order valence-corrected chi connectivity index (χ0v) is 14.3. The van der Waals surface area contributed by atoms with Crippen molar-refractivity contribution in [1.29, 1.82) is 0 Å². The van der Waals surface area contributed by atoms with Gasteiger partial charge in [0, 0.05) is 18.1 Å². The SMILES string of the molecule is COc1ccc(Cl)cc1S(=O)(=O)N1CCC(N2C(=O)COC2=O)C1. The second-order valence-electron chi connectivity index (χ2n) is 5.42. The molecule has 1 aromatic carbocycles. The van der Waals surface area contributed by atoms with Gasteiger partial charge in [-0.25, -0.2) is 18.1 Å². The van der Waals surface area contributed by atoms with Crippen molar-refractivity contribution in [3.63, 3.8) is 0 Å². The van der Waals surface area contributed by atoms with E-state index in [4.69, 9.17) is 16.3 Å². The molecule has 1 unspecified atom stereocenters. The number of cyclic esters (lactones) is 1. The van der Waals surface area contributed by atoms with Gasteiger partial charge in [-0.2, -0.15) is 4.31 Å². The first-order valence-corrected chi connectivity index (χ1v) is 8.99. The Bertz CT molecular complexity index is 780. The quantitative estimate of drug-likeness (QED) is 0.783. The predicted octanol–water partition coefficient (Wildman–Crippen LogP) is 1.09. The highest BCUT2D eigenvalue weighted by atomic mass is 35.5. The Morgan fingerprint density at radius 1 is 1.33 bits per heavy atom. The summed E-state index contributed by atoms with van der Waals surface area (Å²) in [7, 11) is -2.50. The molecule has 24 heavy (non-hydrogen) atoms. The topological polar surface area (TPSA) is 93.2 Å². The number of imide groups is 1. The van der Waals surface area contributed by atoms with Crippen LogP contribution >= 0.6 is 11.6 Å². The van der Waals surface area contributed by atoms with E-state index in [0.717, 1.165) is 4.90 Å². The van der Waals surface area contributed by atoms with Gasteiger partial charge in [0.05, 0.1) is 13.2 Å². The fourth-order valence-electron chi connectivity index (χ4n) is 2.85. The van der Waals surface area contributed by atoms with E-state index in [-0.39, 0.29) is 35.4 Å². The van der Waals surface area contributed by atoms with Gasteiger partial charge in [0.25, 0.3) is 5.91 Å². The third kappa shape index (κ3) is 2.83. The van der Waals surface area contributed by atoms with Crippen molar-refractivity contribution < 1.29 is 27.5 Å². The van der Waals surface area contributed by atoms with E-state index in [2.05, 4.69) is 4.74 Å². The van der Waals surface area contributed by atoms with Crippen molar-refractivity contribution >= 4 is 33.6 Å². The molecule has 0 radical (unpaired) electrons. The maximum Gasteiger partial charge on any atom is 0.417 e. The Kier molecular flexibility index (Phi) is 4.41. The molecule has 3 rings (SSSR count). The second-order valence-corrected chi connectivity index (χ2v) is 7.76. The molecular formula is C14H15ClN2O6S. The van der Waals surface area contributed by atoms with Crippen LogP contribution in [0.3, 0.4) is 0 Å². The number of hydrogen-bond donors (Lipinski definition) is 0. The minimum Gasteiger partial charge on any atom is -0.495 e. The standard InChI is InChI=1S/C14H15ClN2O6S/c1-22-11-3-2-9(15)6-12(11)24(20,21)16-5-4-10(7-16)17-13(18)8-23-14(17)19/h2-3,6,10H,4-5,7-8H2,1H3. The monoisotopic (exact) mass is 374 g/mol. The molecule has 0 N–H and O–H groups in total. The van der Waals surface area contributed by atoms with Gasteiger partial charge in [0.15, 0.2) is 6.61 Å². The van der Waals surface area contributed by atoms with E-state index in [1.54, 1.807) is 0 Å². The van der Waals surface area contributed by atoms with Crippen LogP contribution in [0.25, 0.3) is 0 Å². The Labute approximate surface area is 143 Å². The molecular weight excluding hydrogens is 360 g/mol. The van der Waals surface area contributed by atoms with Crippen molar-refractivity contribution in [3.05, 3.63) is 23.2 Å². The number of nitrogens with zero attached hydrogens (tertiary/aromatic N) is 2. The zero-order chi connectivity index (χ0) is 17.5. The average molecular weight is 375 g/mol. The van der Waals surface area contributed by atoms with Crippen molar-refractivity contribution in [2.75, 3.05) is 26.8 Å². The first-order valence-electron chi connectivity index (χ1n) is 7.17. The first-order chi connectivity index (χ1) is 11.3. The molecule has 8 nitrogen and oxygen atoms in total. The molecule has 0 aliphatic carbocycles. The number of sulfonamides is 1. The normalized spacial score (nSPS) is 22.1. The lowest BCUT2D eigenvalue weighted by molar-refractivity contribution is -0.127. The van der Waals surface area contributed by atoms with Gasteiger partial charge in [-0.15, -0.1) is 0 Å². The Morgan fingerprint density at radius 3 is 2.71 bits per heavy atom. The summed E-state index contributed by atoms with van der Waals surface area (Å²) in [5, 5.41) is 0.267. The van der Waals surface area contributed by atoms with Crippen LogP contribution in [-0.2, 0) is 19.6 Å². The first kappa shape index (κ1) is 17.0. The molecule has 130 valence electrons. The fraction of sp³-hybridized carbons (Fsp3) is 0.429. The van der Waals surface area contributed by atoms with Gasteiger partial charge in [-0.1, -0.05) is 11.6 Å². The lowest BCUT2D eigenvalue weighted by Gasteiger charge is -2.21. The number of rotatable bonds is 4. The highest BCUT2D eigenvalue weighted by Gasteiger charge is 2.43. The minimum atomic E-state index is -3.87. The summed E-state index contributed by atoms with van der Waals surface area (Å²) in [6.45, 7) is -0.108. The molecule has 2 aliphatic heterocycles. The third-order valence-electron chi connectivity index (χ3n) is 4.02. The minimum absolute atomic E-state index is 0.0127. The third-order valence-corrected chi connectivity index (χ3v) is 6.14. The lowest BCUT2D eigenvalue weighted by atomic mass is 10.2. The maximum absolute atomic E-state index is 12.9. The molecule has 10 heteroatoms. The van der Waals surface area contributed by atoms with Crippen LogP contribution in [0.15, 0.2) is 23.1 Å². The van der Waals surface area contributed by atoms with Crippen LogP contribution in [0.1, 0.15) is 6.42 Å². The summed E-state index contributed by atoms with van der Waals surface area (Å²) in [5.74, 6) is -0.274.